The number of rotatable bonds is 8. The maximum Gasteiger partial charge on any atom is 0.341 e. The topological polar surface area (TPSA) is 112 Å². The molecule has 164 valence electrons. The van der Waals surface area contributed by atoms with Gasteiger partial charge in [-0.15, -0.1) is 21.5 Å². The normalized spacial score (nSPS) is 11.0. The van der Waals surface area contributed by atoms with Gasteiger partial charge < -0.3 is 15.9 Å². The van der Waals surface area contributed by atoms with Gasteiger partial charge in [-0.25, -0.2) is 13.9 Å². The average Bonchev–Trinajstić information content (AvgIpc) is 3.30. The molecule has 0 atom stereocenters. The second-order valence-electron chi connectivity index (χ2n) is 6.79. The quantitative estimate of drug-likeness (QED) is 0.296. The monoisotopic (exact) mass is 463 g/mol. The van der Waals surface area contributed by atoms with Gasteiger partial charge in [0.25, 0.3) is 0 Å². The number of aromatic nitrogens is 3. The molecular formula is C20H22FN5O3S2. The lowest BCUT2D eigenvalue weighted by Crippen LogP contribution is -2.17. The van der Waals surface area contributed by atoms with Crippen molar-refractivity contribution in [3.63, 3.8) is 0 Å². The van der Waals surface area contributed by atoms with Crippen LogP contribution in [0.15, 0.2) is 35.5 Å². The number of amides is 1. The van der Waals surface area contributed by atoms with Gasteiger partial charge in [0, 0.05) is 10.4 Å². The molecule has 0 fully saturated rings. The summed E-state index contributed by atoms with van der Waals surface area (Å²) in [5.74, 6) is 5.28. The number of benzene rings is 1. The van der Waals surface area contributed by atoms with Crippen molar-refractivity contribution in [1.82, 2.24) is 14.9 Å². The first-order chi connectivity index (χ1) is 14.8. The van der Waals surface area contributed by atoms with E-state index in [-0.39, 0.29) is 30.0 Å². The van der Waals surface area contributed by atoms with Crippen LogP contribution in [0.4, 0.5) is 9.39 Å². The minimum absolute atomic E-state index is 0.00430. The SMILES string of the molecule is CCOC(=O)c1cc(C(C)C)sc1NC(=O)CSc1nnc(-c2cccc(F)c2)n1N. The number of halogens is 1. The summed E-state index contributed by atoms with van der Waals surface area (Å²) in [4.78, 5) is 25.7. The van der Waals surface area contributed by atoms with Crippen LogP contribution in [-0.4, -0.2) is 39.1 Å². The highest BCUT2D eigenvalue weighted by Crippen LogP contribution is 2.33. The summed E-state index contributed by atoms with van der Waals surface area (Å²) in [6.07, 6.45) is 0. The summed E-state index contributed by atoms with van der Waals surface area (Å²) < 4.78 is 19.7. The van der Waals surface area contributed by atoms with Gasteiger partial charge in [0.1, 0.15) is 10.8 Å². The van der Waals surface area contributed by atoms with E-state index in [9.17, 15) is 14.0 Å². The van der Waals surface area contributed by atoms with Crippen LogP contribution >= 0.6 is 23.1 Å². The lowest BCUT2D eigenvalue weighted by atomic mass is 10.1. The number of nitrogens with one attached hydrogen (secondary N) is 1. The number of nitrogens with zero attached hydrogens (tertiary/aromatic N) is 3. The van der Waals surface area contributed by atoms with Gasteiger partial charge in [-0.05, 0) is 31.0 Å². The third-order valence-electron chi connectivity index (χ3n) is 4.15. The molecule has 0 saturated carbocycles. The maximum absolute atomic E-state index is 13.5. The lowest BCUT2D eigenvalue weighted by molar-refractivity contribution is -0.113. The molecule has 8 nitrogen and oxygen atoms in total. The standard InChI is InChI=1S/C20H22FN5O3S2/c1-4-29-19(28)14-9-15(11(2)3)31-18(14)23-16(27)10-30-20-25-24-17(26(20)22)12-6-5-7-13(21)8-12/h5-9,11H,4,10,22H2,1-3H3,(H,23,27). The first-order valence-electron chi connectivity index (χ1n) is 9.50. The number of esters is 1. The highest BCUT2D eigenvalue weighted by Gasteiger charge is 2.21. The number of thioether (sulfide) groups is 1. The van der Waals surface area contributed by atoms with E-state index in [0.29, 0.717) is 21.3 Å². The van der Waals surface area contributed by atoms with Crippen LogP contribution in [0.25, 0.3) is 11.4 Å². The summed E-state index contributed by atoms with van der Waals surface area (Å²) in [5, 5.41) is 11.5. The van der Waals surface area contributed by atoms with E-state index >= 15 is 0 Å². The average molecular weight is 464 g/mol. The zero-order valence-corrected chi connectivity index (χ0v) is 18.8. The second-order valence-corrected chi connectivity index (χ2v) is 8.82. The zero-order chi connectivity index (χ0) is 22.5. The number of ether oxygens (including phenoxy) is 1. The van der Waals surface area contributed by atoms with Crippen LogP contribution in [-0.2, 0) is 9.53 Å². The molecule has 11 heteroatoms. The number of thiophene rings is 1. The molecule has 31 heavy (non-hydrogen) atoms. The van der Waals surface area contributed by atoms with E-state index in [1.807, 2.05) is 13.8 Å². The minimum atomic E-state index is -0.477. The lowest BCUT2D eigenvalue weighted by Gasteiger charge is -2.06. The summed E-state index contributed by atoms with van der Waals surface area (Å²) >= 11 is 2.42. The Hall–Kier alpha value is -2.92. The summed E-state index contributed by atoms with van der Waals surface area (Å²) in [6.45, 7) is 5.98. The van der Waals surface area contributed by atoms with Gasteiger partial charge in [0.15, 0.2) is 5.82 Å². The highest BCUT2D eigenvalue weighted by atomic mass is 32.2. The molecule has 1 amide bonds. The number of carbonyl (C=O) groups is 2. The molecule has 1 aromatic carbocycles. The molecule has 0 radical (unpaired) electrons. The highest BCUT2D eigenvalue weighted by molar-refractivity contribution is 7.99. The van der Waals surface area contributed by atoms with Gasteiger partial charge in [-0.3, -0.25) is 4.79 Å². The molecule has 0 bridgehead atoms. The molecule has 0 aliphatic carbocycles. The largest absolute Gasteiger partial charge is 0.462 e. The van der Waals surface area contributed by atoms with Crippen molar-refractivity contribution in [1.29, 1.82) is 0 Å². The third-order valence-corrected chi connectivity index (χ3v) is 6.44. The van der Waals surface area contributed by atoms with Gasteiger partial charge in [0.2, 0.25) is 11.1 Å². The Balaban J connectivity index is 1.69. The van der Waals surface area contributed by atoms with E-state index in [2.05, 4.69) is 15.5 Å². The van der Waals surface area contributed by atoms with E-state index in [1.54, 1.807) is 25.1 Å². The fourth-order valence-corrected chi connectivity index (χ4v) is 4.36. The Labute approximate surface area is 187 Å². The molecule has 0 spiro atoms. The van der Waals surface area contributed by atoms with E-state index < -0.39 is 11.8 Å². The minimum Gasteiger partial charge on any atom is -0.462 e. The first kappa shape index (κ1) is 22.8. The van der Waals surface area contributed by atoms with Crippen LogP contribution < -0.4 is 11.2 Å². The predicted molar refractivity (Wildman–Crippen MR) is 119 cm³/mol. The number of hydrogen-bond donors (Lipinski definition) is 2. The van der Waals surface area contributed by atoms with Crippen molar-refractivity contribution >= 4 is 40.0 Å². The summed E-state index contributed by atoms with van der Waals surface area (Å²) in [6, 6.07) is 7.58. The fourth-order valence-electron chi connectivity index (χ4n) is 2.64. The molecule has 3 N–H and O–H groups in total. The van der Waals surface area contributed by atoms with Crippen molar-refractivity contribution in [3.8, 4) is 11.4 Å². The number of nitrogens with two attached hydrogens (primary N) is 1. The van der Waals surface area contributed by atoms with Crippen LogP contribution in [0.1, 0.15) is 41.9 Å². The van der Waals surface area contributed by atoms with Crippen LogP contribution in [0.3, 0.4) is 0 Å². The number of hydrogen-bond acceptors (Lipinski definition) is 8. The van der Waals surface area contributed by atoms with Gasteiger partial charge in [-0.1, -0.05) is 37.7 Å². The Morgan fingerprint density at radius 2 is 2.10 bits per heavy atom. The molecule has 0 aliphatic heterocycles. The van der Waals surface area contributed by atoms with Crippen LogP contribution in [0.2, 0.25) is 0 Å². The van der Waals surface area contributed by atoms with Crippen molar-refractivity contribution in [2.75, 3.05) is 23.5 Å². The summed E-state index contributed by atoms with van der Waals surface area (Å²) in [7, 11) is 0. The van der Waals surface area contributed by atoms with Crippen molar-refractivity contribution < 1.29 is 18.7 Å². The Kier molecular flexibility index (Phi) is 7.29. The molecule has 2 heterocycles. The van der Waals surface area contributed by atoms with Crippen molar-refractivity contribution in [2.24, 2.45) is 0 Å². The van der Waals surface area contributed by atoms with E-state index in [0.717, 1.165) is 16.6 Å². The van der Waals surface area contributed by atoms with Crippen molar-refractivity contribution in [3.05, 3.63) is 46.6 Å². The molecular weight excluding hydrogens is 441 g/mol. The van der Waals surface area contributed by atoms with Gasteiger partial charge >= 0.3 is 5.97 Å². The molecule has 0 aliphatic rings. The van der Waals surface area contributed by atoms with Gasteiger partial charge in [0.05, 0.1) is 17.9 Å². The van der Waals surface area contributed by atoms with Crippen LogP contribution in [0.5, 0.6) is 0 Å². The van der Waals surface area contributed by atoms with E-state index in [4.69, 9.17) is 10.6 Å². The number of anilines is 1. The van der Waals surface area contributed by atoms with Crippen LogP contribution in [0, 0.1) is 5.82 Å². The maximum atomic E-state index is 13.5. The van der Waals surface area contributed by atoms with Gasteiger partial charge in [-0.2, -0.15) is 0 Å². The third kappa shape index (κ3) is 5.42. The molecule has 3 aromatic rings. The number of nitrogen functional groups attached to an aromatic ring is 1. The zero-order valence-electron chi connectivity index (χ0n) is 17.2. The summed E-state index contributed by atoms with van der Waals surface area (Å²) in [5.41, 5.74) is 0.814. The molecule has 0 unspecified atom stereocenters. The first-order valence-corrected chi connectivity index (χ1v) is 11.3. The van der Waals surface area contributed by atoms with E-state index in [1.165, 1.54) is 28.1 Å². The Morgan fingerprint density at radius 3 is 2.77 bits per heavy atom. The smallest absolute Gasteiger partial charge is 0.341 e. The Morgan fingerprint density at radius 1 is 1.32 bits per heavy atom. The fraction of sp³-hybridized carbons (Fsp3) is 0.300. The molecule has 3 rings (SSSR count). The number of carbonyl (C=O) groups excluding carboxylic acids is 2. The van der Waals surface area contributed by atoms with Crippen molar-refractivity contribution in [2.45, 2.75) is 31.8 Å². The predicted octanol–water partition coefficient (Wildman–Crippen LogP) is 3.89. The molecule has 0 saturated heterocycles. The Bertz CT molecular complexity index is 1100. The molecule has 2 aromatic heterocycles. The second kappa shape index (κ2) is 9.92.